The number of hydrogen-bond acceptors (Lipinski definition) is 11. The molecule has 0 fully saturated rings. The van der Waals surface area contributed by atoms with Crippen molar-refractivity contribution < 1.29 is 36.9 Å². The molecule has 0 aliphatic rings. The fourth-order valence-electron chi connectivity index (χ4n) is 4.94. The number of fused-ring (bicyclic) bond motifs is 2. The Bertz CT molecular complexity index is 2130. The Labute approximate surface area is 291 Å². The van der Waals surface area contributed by atoms with Gasteiger partial charge >= 0.3 is 12.1 Å². The predicted molar refractivity (Wildman–Crippen MR) is 188 cm³/mol. The molecular formula is C37H35F3N6O5. The number of aryl methyl sites for hydroxylation is 1. The lowest BCUT2D eigenvalue weighted by molar-refractivity contribution is -0.141. The van der Waals surface area contributed by atoms with Crippen LogP contribution in [0, 0.1) is 6.92 Å². The zero-order chi connectivity index (χ0) is 36.5. The fourth-order valence-corrected chi connectivity index (χ4v) is 4.94. The van der Waals surface area contributed by atoms with Crippen molar-refractivity contribution in [3.8, 4) is 17.2 Å². The van der Waals surface area contributed by atoms with Crippen molar-refractivity contribution in [2.45, 2.75) is 26.9 Å². The highest BCUT2D eigenvalue weighted by molar-refractivity contribution is 6.05. The van der Waals surface area contributed by atoms with E-state index in [4.69, 9.17) is 18.9 Å². The van der Waals surface area contributed by atoms with Gasteiger partial charge < -0.3 is 29.6 Å². The van der Waals surface area contributed by atoms with Gasteiger partial charge in [-0.2, -0.15) is 13.2 Å². The first-order chi connectivity index (χ1) is 24.5. The summed E-state index contributed by atoms with van der Waals surface area (Å²) in [6.07, 6.45) is -1.69. The molecule has 4 heterocycles. The standard InChI is InChI=1S/C19H16F3N3O3.C18H19N3O2/c1-3-28-18(26)14-10-23-17-13(8-9-15(25-17)19(20,21)22)16(14)24-11-4-6-12(27-2)7-5-11;1-4-23-17-11-15-16(9-10-19-18(15)20-12(17)2)21-13-5-7-14(22-3)8-6-13/h4-10H,3H2,1-2H3,(H,23,24,25);5-11H,4H2,1-3H3,(H,19,20,21). The van der Waals surface area contributed by atoms with Crippen molar-refractivity contribution in [3.63, 3.8) is 0 Å². The van der Waals surface area contributed by atoms with E-state index in [1.807, 2.05) is 50.2 Å². The first-order valence-corrected chi connectivity index (χ1v) is 15.8. The average molecular weight is 701 g/mol. The Hall–Kier alpha value is -6.18. The van der Waals surface area contributed by atoms with Crippen LogP contribution in [0.5, 0.6) is 17.2 Å². The van der Waals surface area contributed by atoms with Crippen molar-refractivity contribution in [1.29, 1.82) is 0 Å². The van der Waals surface area contributed by atoms with E-state index < -0.39 is 17.8 Å². The highest BCUT2D eigenvalue weighted by Crippen LogP contribution is 2.34. The molecule has 51 heavy (non-hydrogen) atoms. The molecule has 2 aromatic carbocycles. The van der Waals surface area contributed by atoms with Crippen LogP contribution in [-0.2, 0) is 10.9 Å². The van der Waals surface area contributed by atoms with Gasteiger partial charge in [0.25, 0.3) is 0 Å². The molecule has 264 valence electrons. The number of pyridine rings is 4. The number of rotatable bonds is 10. The first kappa shape index (κ1) is 36.1. The van der Waals surface area contributed by atoms with Gasteiger partial charge in [-0.1, -0.05) is 0 Å². The summed E-state index contributed by atoms with van der Waals surface area (Å²) < 4.78 is 59.8. The van der Waals surface area contributed by atoms with Crippen LogP contribution in [0.4, 0.5) is 35.9 Å². The Kier molecular flexibility index (Phi) is 11.3. The van der Waals surface area contributed by atoms with Gasteiger partial charge in [0.2, 0.25) is 0 Å². The Morgan fingerprint density at radius 2 is 1.39 bits per heavy atom. The van der Waals surface area contributed by atoms with Crippen LogP contribution in [0.25, 0.3) is 22.1 Å². The van der Waals surface area contributed by atoms with E-state index in [9.17, 15) is 18.0 Å². The number of halogens is 3. The summed E-state index contributed by atoms with van der Waals surface area (Å²) in [5.41, 5.74) is 3.19. The van der Waals surface area contributed by atoms with Crippen molar-refractivity contribution in [2.75, 3.05) is 38.1 Å². The Balaban J connectivity index is 0.000000201. The lowest BCUT2D eigenvalue weighted by Crippen LogP contribution is -2.11. The van der Waals surface area contributed by atoms with E-state index in [0.29, 0.717) is 23.7 Å². The Morgan fingerprint density at radius 1 is 0.765 bits per heavy atom. The molecule has 4 aromatic heterocycles. The molecule has 0 atom stereocenters. The van der Waals surface area contributed by atoms with Crippen LogP contribution in [0.3, 0.4) is 0 Å². The number of methoxy groups -OCH3 is 2. The van der Waals surface area contributed by atoms with E-state index in [1.165, 1.54) is 13.2 Å². The van der Waals surface area contributed by atoms with Crippen molar-refractivity contribution >= 4 is 50.8 Å². The summed E-state index contributed by atoms with van der Waals surface area (Å²) in [7, 11) is 3.18. The first-order valence-electron chi connectivity index (χ1n) is 15.8. The van der Waals surface area contributed by atoms with E-state index in [2.05, 4.69) is 30.6 Å². The maximum atomic E-state index is 13.0. The van der Waals surface area contributed by atoms with Crippen LogP contribution >= 0.6 is 0 Å². The number of nitrogens with zero attached hydrogens (tertiary/aromatic N) is 4. The van der Waals surface area contributed by atoms with Crippen molar-refractivity contribution in [3.05, 3.63) is 102 Å². The number of aromatic nitrogens is 4. The lowest BCUT2D eigenvalue weighted by Gasteiger charge is -2.15. The number of alkyl halides is 3. The monoisotopic (exact) mass is 700 g/mol. The van der Waals surface area contributed by atoms with Crippen LogP contribution in [0.1, 0.15) is 35.6 Å². The van der Waals surface area contributed by atoms with Gasteiger partial charge in [-0.25, -0.2) is 24.7 Å². The quantitative estimate of drug-likeness (QED) is 0.133. The molecule has 0 bridgehead atoms. The molecule has 0 saturated heterocycles. The molecule has 0 amide bonds. The SMILES string of the molecule is CCOC(=O)c1cnc2nc(C(F)(F)F)ccc2c1Nc1ccc(OC)cc1.CCOc1cc2c(Nc3ccc(OC)cc3)ccnc2nc1C. The van der Waals surface area contributed by atoms with Gasteiger partial charge in [-0.05, 0) is 93.6 Å². The van der Waals surface area contributed by atoms with Crippen LogP contribution in [0.15, 0.2) is 85.2 Å². The largest absolute Gasteiger partial charge is 0.497 e. The summed E-state index contributed by atoms with van der Waals surface area (Å²) in [6, 6.07) is 20.6. The third kappa shape index (κ3) is 8.71. The molecule has 0 radical (unpaired) electrons. The number of benzene rings is 2. The van der Waals surface area contributed by atoms with Crippen molar-refractivity contribution in [1.82, 2.24) is 19.9 Å². The third-order valence-corrected chi connectivity index (χ3v) is 7.42. The molecule has 6 rings (SSSR count). The minimum atomic E-state index is -4.60. The number of ether oxygens (including phenoxy) is 4. The summed E-state index contributed by atoms with van der Waals surface area (Å²) in [5.74, 6) is 1.59. The highest BCUT2D eigenvalue weighted by Gasteiger charge is 2.33. The highest BCUT2D eigenvalue weighted by atomic mass is 19.4. The number of nitrogens with one attached hydrogen (secondary N) is 2. The minimum Gasteiger partial charge on any atom is -0.497 e. The summed E-state index contributed by atoms with van der Waals surface area (Å²) in [4.78, 5) is 28.7. The maximum Gasteiger partial charge on any atom is 0.433 e. The smallest absolute Gasteiger partial charge is 0.433 e. The molecule has 0 saturated carbocycles. The van der Waals surface area contributed by atoms with Gasteiger partial charge in [-0.15, -0.1) is 0 Å². The predicted octanol–water partition coefficient (Wildman–Crippen LogP) is 8.67. The molecule has 0 aliphatic heterocycles. The van der Waals surface area contributed by atoms with Crippen LogP contribution < -0.4 is 24.8 Å². The van der Waals surface area contributed by atoms with Crippen LogP contribution in [0.2, 0.25) is 0 Å². The molecular weight excluding hydrogens is 665 g/mol. The van der Waals surface area contributed by atoms with Crippen molar-refractivity contribution in [2.24, 2.45) is 0 Å². The van der Waals surface area contributed by atoms with Crippen LogP contribution in [-0.4, -0.2) is 53.3 Å². The number of carbonyl (C=O) groups excluding carboxylic acids is 1. The topological polar surface area (TPSA) is 130 Å². The van der Waals surface area contributed by atoms with Gasteiger partial charge in [0.05, 0.1) is 44.5 Å². The summed E-state index contributed by atoms with van der Waals surface area (Å²) in [5, 5.41) is 7.63. The molecule has 14 heteroatoms. The second kappa shape index (κ2) is 16.0. The molecule has 2 N–H and O–H groups in total. The maximum absolute atomic E-state index is 13.0. The van der Waals surface area contributed by atoms with Gasteiger partial charge in [0.15, 0.2) is 11.3 Å². The number of esters is 1. The lowest BCUT2D eigenvalue weighted by atomic mass is 10.1. The summed E-state index contributed by atoms with van der Waals surface area (Å²) >= 11 is 0. The average Bonchev–Trinajstić information content (AvgIpc) is 3.13. The number of anilines is 4. The molecule has 0 unspecified atom stereocenters. The van der Waals surface area contributed by atoms with E-state index in [1.54, 1.807) is 44.5 Å². The summed E-state index contributed by atoms with van der Waals surface area (Å²) in [6.45, 7) is 6.29. The fraction of sp³-hybridized carbons (Fsp3) is 0.216. The second-order valence-corrected chi connectivity index (χ2v) is 10.8. The molecule has 11 nitrogen and oxygen atoms in total. The zero-order valence-electron chi connectivity index (χ0n) is 28.5. The normalized spacial score (nSPS) is 11.0. The second-order valence-electron chi connectivity index (χ2n) is 10.8. The minimum absolute atomic E-state index is 0.0896. The van der Waals surface area contributed by atoms with E-state index in [0.717, 1.165) is 46.2 Å². The number of carbonyl (C=O) groups is 1. The van der Waals surface area contributed by atoms with Gasteiger partial charge in [0.1, 0.15) is 28.5 Å². The number of hydrogen-bond donors (Lipinski definition) is 2. The molecule has 0 spiro atoms. The molecule has 0 aliphatic carbocycles. The zero-order valence-corrected chi connectivity index (χ0v) is 28.5. The Morgan fingerprint density at radius 3 is 1.98 bits per heavy atom. The van der Waals surface area contributed by atoms with E-state index >= 15 is 0 Å². The third-order valence-electron chi connectivity index (χ3n) is 7.42. The molecule has 6 aromatic rings. The van der Waals surface area contributed by atoms with Gasteiger partial charge in [0, 0.05) is 34.5 Å². The van der Waals surface area contributed by atoms with Gasteiger partial charge in [-0.3, -0.25) is 0 Å². The van der Waals surface area contributed by atoms with E-state index in [-0.39, 0.29) is 28.9 Å².